The van der Waals surface area contributed by atoms with Gasteiger partial charge in [0.2, 0.25) is 10.0 Å². The van der Waals surface area contributed by atoms with Crippen molar-refractivity contribution in [2.24, 2.45) is 0 Å². The first-order chi connectivity index (χ1) is 10.8. The zero-order valence-electron chi connectivity index (χ0n) is 12.6. The molecule has 1 N–H and O–H groups in total. The van der Waals surface area contributed by atoms with Crippen LogP contribution in [0.5, 0.6) is 5.75 Å². The van der Waals surface area contributed by atoms with Crippen molar-refractivity contribution in [3.8, 4) is 5.75 Å². The van der Waals surface area contributed by atoms with Gasteiger partial charge in [-0.25, -0.2) is 13.1 Å². The van der Waals surface area contributed by atoms with Gasteiger partial charge in [-0.05, 0) is 37.8 Å². The van der Waals surface area contributed by atoms with E-state index in [-0.39, 0.29) is 23.1 Å². The second-order valence-electron chi connectivity index (χ2n) is 5.52. The molecule has 1 aliphatic rings. The number of hydrogen-bond donors (Lipinski definition) is 1. The average molecular weight is 342 g/mol. The standard InChI is InChI=1S/C14H18N2O6S/c1-23(20,21)15-14(17)10-7-8-13(12(9-10)16(18)19)22-11-5-3-2-4-6-11/h7-9,11H,2-6H2,1H3,(H,15,17). The molecule has 1 saturated carbocycles. The van der Waals surface area contributed by atoms with Gasteiger partial charge in [0.1, 0.15) is 0 Å². The molecule has 0 atom stereocenters. The topological polar surface area (TPSA) is 116 Å². The van der Waals surface area contributed by atoms with Crippen LogP contribution in [0.3, 0.4) is 0 Å². The molecule has 1 amide bonds. The van der Waals surface area contributed by atoms with E-state index in [0.717, 1.165) is 44.4 Å². The molecule has 0 aliphatic heterocycles. The number of rotatable bonds is 5. The zero-order valence-corrected chi connectivity index (χ0v) is 13.5. The maximum Gasteiger partial charge on any atom is 0.311 e. The molecular weight excluding hydrogens is 324 g/mol. The van der Waals surface area contributed by atoms with Gasteiger partial charge in [-0.3, -0.25) is 14.9 Å². The van der Waals surface area contributed by atoms with Gasteiger partial charge >= 0.3 is 5.69 Å². The first-order valence-corrected chi connectivity index (χ1v) is 9.12. The Morgan fingerprint density at radius 3 is 2.52 bits per heavy atom. The van der Waals surface area contributed by atoms with Crippen LogP contribution >= 0.6 is 0 Å². The van der Waals surface area contributed by atoms with Crippen molar-refractivity contribution in [2.45, 2.75) is 38.2 Å². The van der Waals surface area contributed by atoms with E-state index in [1.807, 2.05) is 0 Å². The van der Waals surface area contributed by atoms with Gasteiger partial charge in [0.25, 0.3) is 5.91 Å². The van der Waals surface area contributed by atoms with Crippen LogP contribution in [0.15, 0.2) is 18.2 Å². The highest BCUT2D eigenvalue weighted by Gasteiger charge is 2.23. The van der Waals surface area contributed by atoms with Crippen LogP contribution in [-0.4, -0.2) is 31.6 Å². The fourth-order valence-corrected chi connectivity index (χ4v) is 2.95. The smallest absolute Gasteiger partial charge is 0.311 e. The lowest BCUT2D eigenvalue weighted by Crippen LogP contribution is -2.29. The van der Waals surface area contributed by atoms with Gasteiger partial charge in [-0.15, -0.1) is 0 Å². The minimum absolute atomic E-state index is 0.0712. The van der Waals surface area contributed by atoms with Crippen LogP contribution in [0.1, 0.15) is 42.5 Å². The summed E-state index contributed by atoms with van der Waals surface area (Å²) in [5.41, 5.74) is -0.463. The van der Waals surface area contributed by atoms with Crippen LogP contribution < -0.4 is 9.46 Å². The zero-order chi connectivity index (χ0) is 17.0. The molecule has 1 aromatic rings. The third kappa shape index (κ3) is 4.92. The maximum absolute atomic E-state index is 11.8. The Labute approximate surface area is 134 Å². The monoisotopic (exact) mass is 342 g/mol. The van der Waals surface area contributed by atoms with E-state index < -0.39 is 20.9 Å². The maximum atomic E-state index is 11.8. The van der Waals surface area contributed by atoms with Gasteiger partial charge in [0, 0.05) is 11.6 Å². The summed E-state index contributed by atoms with van der Waals surface area (Å²) in [6.45, 7) is 0. The summed E-state index contributed by atoms with van der Waals surface area (Å²) >= 11 is 0. The molecule has 9 heteroatoms. The number of hydrogen-bond acceptors (Lipinski definition) is 6. The fourth-order valence-electron chi connectivity index (χ4n) is 2.49. The van der Waals surface area contributed by atoms with Crippen molar-refractivity contribution in [1.29, 1.82) is 0 Å². The second kappa shape index (κ2) is 6.95. The minimum atomic E-state index is -3.74. The molecule has 8 nitrogen and oxygen atoms in total. The van der Waals surface area contributed by atoms with E-state index >= 15 is 0 Å². The van der Waals surface area contributed by atoms with Crippen molar-refractivity contribution in [3.63, 3.8) is 0 Å². The molecule has 23 heavy (non-hydrogen) atoms. The largest absolute Gasteiger partial charge is 0.484 e. The van der Waals surface area contributed by atoms with E-state index in [4.69, 9.17) is 4.74 Å². The molecule has 0 bridgehead atoms. The molecule has 0 spiro atoms. The van der Waals surface area contributed by atoms with Gasteiger partial charge in [0.15, 0.2) is 5.75 Å². The Balaban J connectivity index is 2.23. The van der Waals surface area contributed by atoms with Crippen molar-refractivity contribution in [1.82, 2.24) is 4.72 Å². The lowest BCUT2D eigenvalue weighted by atomic mass is 9.98. The molecule has 1 fully saturated rings. The second-order valence-corrected chi connectivity index (χ2v) is 7.27. The number of sulfonamides is 1. The molecule has 0 aromatic heterocycles. The number of nitrogens with one attached hydrogen (secondary N) is 1. The molecule has 0 radical (unpaired) electrons. The highest BCUT2D eigenvalue weighted by Crippen LogP contribution is 2.31. The number of carbonyl (C=O) groups is 1. The molecule has 126 valence electrons. The molecule has 2 rings (SSSR count). The third-order valence-electron chi connectivity index (χ3n) is 3.54. The first-order valence-electron chi connectivity index (χ1n) is 7.23. The lowest BCUT2D eigenvalue weighted by molar-refractivity contribution is -0.386. The van der Waals surface area contributed by atoms with Gasteiger partial charge in [-0.2, -0.15) is 0 Å². The van der Waals surface area contributed by atoms with Crippen LogP contribution in [0.25, 0.3) is 0 Å². The number of nitro groups is 1. The number of benzene rings is 1. The summed E-state index contributed by atoms with van der Waals surface area (Å²) in [6.07, 6.45) is 5.62. The highest BCUT2D eigenvalue weighted by molar-refractivity contribution is 7.89. The molecular formula is C14H18N2O6S. The Morgan fingerprint density at radius 1 is 1.30 bits per heavy atom. The number of ether oxygens (including phenoxy) is 1. The number of nitro benzene ring substituents is 1. The van der Waals surface area contributed by atoms with Crippen molar-refractivity contribution < 1.29 is 22.9 Å². The van der Waals surface area contributed by atoms with E-state index in [1.54, 1.807) is 4.72 Å². The molecule has 1 aromatic carbocycles. The van der Waals surface area contributed by atoms with Gasteiger partial charge in [0.05, 0.1) is 17.3 Å². The summed E-state index contributed by atoms with van der Waals surface area (Å²) < 4.78 is 29.6. The third-order valence-corrected chi connectivity index (χ3v) is 4.10. The van der Waals surface area contributed by atoms with Gasteiger partial charge in [-0.1, -0.05) is 6.42 Å². The fraction of sp³-hybridized carbons (Fsp3) is 0.500. The molecule has 1 aliphatic carbocycles. The summed E-state index contributed by atoms with van der Waals surface area (Å²) in [6, 6.07) is 3.67. The Bertz CT molecular complexity index is 710. The van der Waals surface area contributed by atoms with Crippen molar-refractivity contribution in [2.75, 3.05) is 6.26 Å². The highest BCUT2D eigenvalue weighted by atomic mass is 32.2. The van der Waals surface area contributed by atoms with Crippen LogP contribution in [0, 0.1) is 10.1 Å². The molecule has 0 unspecified atom stereocenters. The van der Waals surface area contributed by atoms with Crippen molar-refractivity contribution >= 4 is 21.6 Å². The quantitative estimate of drug-likeness (QED) is 0.646. The number of nitrogens with zero attached hydrogens (tertiary/aromatic N) is 1. The Morgan fingerprint density at radius 2 is 1.96 bits per heavy atom. The summed E-state index contributed by atoms with van der Waals surface area (Å²) in [4.78, 5) is 22.3. The minimum Gasteiger partial charge on any atom is -0.484 e. The van der Waals surface area contributed by atoms with Crippen molar-refractivity contribution in [3.05, 3.63) is 33.9 Å². The predicted octanol–water partition coefficient (Wildman–Crippen LogP) is 2.00. The van der Waals surface area contributed by atoms with E-state index in [2.05, 4.69) is 0 Å². The summed E-state index contributed by atoms with van der Waals surface area (Å²) in [5.74, 6) is -0.822. The van der Waals surface area contributed by atoms with E-state index in [0.29, 0.717) is 0 Å². The van der Waals surface area contributed by atoms with Gasteiger partial charge < -0.3 is 4.74 Å². The SMILES string of the molecule is CS(=O)(=O)NC(=O)c1ccc(OC2CCCCC2)c([N+](=O)[O-])c1. The van der Waals surface area contributed by atoms with E-state index in [1.165, 1.54) is 12.1 Å². The summed E-state index contributed by atoms with van der Waals surface area (Å²) in [5, 5.41) is 11.2. The first kappa shape index (κ1) is 17.2. The number of amides is 1. The predicted molar refractivity (Wildman–Crippen MR) is 82.9 cm³/mol. The summed E-state index contributed by atoms with van der Waals surface area (Å²) in [7, 11) is -3.74. The molecule has 0 heterocycles. The lowest BCUT2D eigenvalue weighted by Gasteiger charge is -2.22. The molecule has 0 saturated heterocycles. The van der Waals surface area contributed by atoms with E-state index in [9.17, 15) is 23.3 Å². The average Bonchev–Trinajstić information content (AvgIpc) is 2.46. The Hall–Kier alpha value is -2.16. The Kier molecular flexibility index (Phi) is 5.19. The van der Waals surface area contributed by atoms with Crippen LogP contribution in [0.4, 0.5) is 5.69 Å². The number of carbonyl (C=O) groups excluding carboxylic acids is 1. The normalized spacial score (nSPS) is 15.9. The van der Waals surface area contributed by atoms with Crippen LogP contribution in [0.2, 0.25) is 0 Å². The van der Waals surface area contributed by atoms with Crippen LogP contribution in [-0.2, 0) is 10.0 Å².